The van der Waals surface area contributed by atoms with Crippen LogP contribution in [0, 0.1) is 0 Å². The molecule has 3 nitrogen and oxygen atoms in total. The first kappa shape index (κ1) is 18.1. The number of amides is 1. The van der Waals surface area contributed by atoms with Crippen LogP contribution in [0.1, 0.15) is 21.6 Å². The van der Waals surface area contributed by atoms with Gasteiger partial charge in [0.15, 0.2) is 0 Å². The van der Waals surface area contributed by atoms with Crippen LogP contribution >= 0.6 is 11.3 Å². The van der Waals surface area contributed by atoms with Crippen molar-refractivity contribution < 1.29 is 18.0 Å². The van der Waals surface area contributed by atoms with Gasteiger partial charge in [0.1, 0.15) is 5.01 Å². The summed E-state index contributed by atoms with van der Waals surface area (Å²) >= 11 is 1.49. The van der Waals surface area contributed by atoms with Crippen molar-refractivity contribution in [1.29, 1.82) is 0 Å². The fourth-order valence-corrected chi connectivity index (χ4v) is 3.32. The minimum Gasteiger partial charge on any atom is -0.352 e. The molecular weight excluding hydrogens is 361 g/mol. The normalized spacial score (nSPS) is 11.3. The van der Waals surface area contributed by atoms with Crippen molar-refractivity contribution in [3.05, 3.63) is 76.8 Å². The first-order chi connectivity index (χ1) is 12.4. The Hall–Kier alpha value is -2.67. The van der Waals surface area contributed by atoms with Crippen molar-refractivity contribution in [1.82, 2.24) is 10.3 Å². The molecule has 3 aromatic rings. The molecule has 0 aliphatic rings. The number of hydrogen-bond acceptors (Lipinski definition) is 3. The van der Waals surface area contributed by atoms with Gasteiger partial charge in [0.05, 0.1) is 16.8 Å². The van der Waals surface area contributed by atoms with E-state index in [4.69, 9.17) is 0 Å². The van der Waals surface area contributed by atoms with Gasteiger partial charge in [-0.15, -0.1) is 11.3 Å². The molecule has 26 heavy (non-hydrogen) atoms. The van der Waals surface area contributed by atoms with Gasteiger partial charge in [0.2, 0.25) is 0 Å². The van der Waals surface area contributed by atoms with Crippen LogP contribution in [0.25, 0.3) is 10.6 Å². The van der Waals surface area contributed by atoms with E-state index in [0.717, 1.165) is 22.3 Å². The number of carbonyl (C=O) groups excluding carboxylic acids is 1. The Morgan fingerprint density at radius 1 is 1.04 bits per heavy atom. The van der Waals surface area contributed by atoms with Crippen LogP contribution in [0.15, 0.2) is 60.0 Å². The van der Waals surface area contributed by atoms with E-state index in [9.17, 15) is 18.0 Å². The molecule has 0 saturated carbocycles. The number of thiazole rings is 1. The summed E-state index contributed by atoms with van der Waals surface area (Å²) in [6.07, 6.45) is -4.11. The summed E-state index contributed by atoms with van der Waals surface area (Å²) in [5, 5.41) is 5.29. The van der Waals surface area contributed by atoms with Gasteiger partial charge < -0.3 is 5.32 Å². The molecule has 0 aliphatic carbocycles. The van der Waals surface area contributed by atoms with E-state index in [1.807, 2.05) is 35.7 Å². The molecule has 0 fully saturated rings. The lowest BCUT2D eigenvalue weighted by molar-refractivity contribution is -0.137. The molecule has 1 heterocycles. The molecule has 7 heteroatoms. The maximum absolute atomic E-state index is 13.0. The Morgan fingerprint density at radius 2 is 1.73 bits per heavy atom. The standard InChI is InChI=1S/C19H15F3N2OS/c20-19(21,22)16-9-5-4-8-15(16)17(25)23-11-10-14-12-26-18(24-14)13-6-2-1-3-7-13/h1-9,12H,10-11H2,(H,23,25). The van der Waals surface area contributed by atoms with Gasteiger partial charge >= 0.3 is 6.18 Å². The van der Waals surface area contributed by atoms with E-state index < -0.39 is 17.6 Å². The van der Waals surface area contributed by atoms with Crippen LogP contribution in [0.4, 0.5) is 13.2 Å². The van der Waals surface area contributed by atoms with Gasteiger partial charge in [-0.25, -0.2) is 4.98 Å². The Morgan fingerprint density at radius 3 is 2.46 bits per heavy atom. The Kier molecular flexibility index (Phi) is 5.37. The molecule has 0 spiro atoms. The molecule has 1 N–H and O–H groups in total. The highest BCUT2D eigenvalue weighted by Crippen LogP contribution is 2.31. The summed E-state index contributed by atoms with van der Waals surface area (Å²) < 4.78 is 38.9. The predicted molar refractivity (Wildman–Crippen MR) is 95.0 cm³/mol. The molecule has 0 unspecified atom stereocenters. The van der Waals surface area contributed by atoms with Gasteiger partial charge in [-0.2, -0.15) is 13.2 Å². The Labute approximate surface area is 152 Å². The number of hydrogen-bond donors (Lipinski definition) is 1. The number of nitrogens with zero attached hydrogens (tertiary/aromatic N) is 1. The van der Waals surface area contributed by atoms with Crippen molar-refractivity contribution in [2.24, 2.45) is 0 Å². The highest BCUT2D eigenvalue weighted by atomic mass is 32.1. The average Bonchev–Trinajstić information content (AvgIpc) is 3.10. The van der Waals surface area contributed by atoms with E-state index in [2.05, 4.69) is 10.3 Å². The first-order valence-electron chi connectivity index (χ1n) is 7.89. The number of nitrogens with one attached hydrogen (secondary N) is 1. The van der Waals surface area contributed by atoms with Gasteiger partial charge in [-0.3, -0.25) is 4.79 Å². The molecule has 2 aromatic carbocycles. The fourth-order valence-electron chi connectivity index (χ4n) is 2.46. The van der Waals surface area contributed by atoms with E-state index in [-0.39, 0.29) is 12.1 Å². The molecule has 1 amide bonds. The van der Waals surface area contributed by atoms with Crippen molar-refractivity contribution in [3.8, 4) is 10.6 Å². The maximum atomic E-state index is 13.0. The van der Waals surface area contributed by atoms with Crippen molar-refractivity contribution >= 4 is 17.2 Å². The van der Waals surface area contributed by atoms with Crippen molar-refractivity contribution in [2.45, 2.75) is 12.6 Å². The Balaban J connectivity index is 1.61. The van der Waals surface area contributed by atoms with Crippen molar-refractivity contribution in [2.75, 3.05) is 6.54 Å². The quantitative estimate of drug-likeness (QED) is 0.695. The third kappa shape index (κ3) is 4.29. The zero-order chi connectivity index (χ0) is 18.6. The van der Waals surface area contributed by atoms with Crippen molar-refractivity contribution in [3.63, 3.8) is 0 Å². The van der Waals surface area contributed by atoms with Crippen LogP contribution in [0.2, 0.25) is 0 Å². The number of benzene rings is 2. The van der Waals surface area contributed by atoms with Gasteiger partial charge in [0.25, 0.3) is 5.91 Å². The maximum Gasteiger partial charge on any atom is 0.417 e. The number of aromatic nitrogens is 1. The number of alkyl halides is 3. The average molecular weight is 376 g/mol. The molecule has 0 bridgehead atoms. The van der Waals surface area contributed by atoms with Crippen LogP contribution < -0.4 is 5.32 Å². The minimum atomic E-state index is -4.56. The van der Waals surface area contributed by atoms with E-state index >= 15 is 0 Å². The SMILES string of the molecule is O=C(NCCc1csc(-c2ccccc2)n1)c1ccccc1C(F)(F)F. The molecule has 3 rings (SSSR count). The second-order valence-electron chi connectivity index (χ2n) is 5.56. The second kappa shape index (κ2) is 7.70. The first-order valence-corrected chi connectivity index (χ1v) is 8.77. The van der Waals surface area contributed by atoms with E-state index in [1.165, 1.54) is 29.5 Å². The number of halogens is 3. The van der Waals surface area contributed by atoms with Gasteiger partial charge in [-0.05, 0) is 12.1 Å². The molecule has 134 valence electrons. The van der Waals surface area contributed by atoms with E-state index in [1.54, 1.807) is 0 Å². The summed E-state index contributed by atoms with van der Waals surface area (Å²) in [7, 11) is 0. The van der Waals surface area contributed by atoms with Gasteiger partial charge in [-0.1, -0.05) is 42.5 Å². The summed E-state index contributed by atoms with van der Waals surface area (Å²) in [6.45, 7) is 0.211. The smallest absolute Gasteiger partial charge is 0.352 e. The summed E-state index contributed by atoms with van der Waals surface area (Å²) in [5.41, 5.74) is 0.492. The number of rotatable bonds is 5. The van der Waals surface area contributed by atoms with Crippen LogP contribution in [-0.2, 0) is 12.6 Å². The van der Waals surface area contributed by atoms with Crippen LogP contribution in [0.3, 0.4) is 0 Å². The summed E-state index contributed by atoms with van der Waals surface area (Å²) in [6, 6.07) is 14.4. The lowest BCUT2D eigenvalue weighted by atomic mass is 10.1. The topological polar surface area (TPSA) is 42.0 Å². The number of carbonyl (C=O) groups is 1. The molecule has 0 saturated heterocycles. The summed E-state index contributed by atoms with van der Waals surface area (Å²) in [4.78, 5) is 16.6. The Bertz CT molecular complexity index is 891. The molecule has 0 radical (unpaired) electrons. The monoisotopic (exact) mass is 376 g/mol. The highest BCUT2D eigenvalue weighted by Gasteiger charge is 2.34. The van der Waals surface area contributed by atoms with Crippen LogP contribution in [0.5, 0.6) is 0 Å². The molecular formula is C19H15F3N2OS. The predicted octanol–water partition coefficient (Wildman–Crippen LogP) is 4.80. The highest BCUT2D eigenvalue weighted by molar-refractivity contribution is 7.13. The van der Waals surface area contributed by atoms with Gasteiger partial charge in [0, 0.05) is 23.9 Å². The summed E-state index contributed by atoms with van der Waals surface area (Å²) in [5.74, 6) is -0.739. The molecule has 0 aliphatic heterocycles. The minimum absolute atomic E-state index is 0.211. The van der Waals surface area contributed by atoms with Crippen LogP contribution in [-0.4, -0.2) is 17.4 Å². The second-order valence-corrected chi connectivity index (χ2v) is 6.42. The third-order valence-electron chi connectivity index (χ3n) is 3.72. The fraction of sp³-hybridized carbons (Fsp3) is 0.158. The lowest BCUT2D eigenvalue weighted by Gasteiger charge is -2.12. The zero-order valence-electron chi connectivity index (χ0n) is 13.6. The zero-order valence-corrected chi connectivity index (χ0v) is 14.4. The molecule has 1 aromatic heterocycles. The largest absolute Gasteiger partial charge is 0.417 e. The van der Waals surface area contributed by atoms with E-state index in [0.29, 0.717) is 6.42 Å². The third-order valence-corrected chi connectivity index (χ3v) is 4.66. The molecule has 0 atom stereocenters. The lowest BCUT2D eigenvalue weighted by Crippen LogP contribution is -2.28.